The summed E-state index contributed by atoms with van der Waals surface area (Å²) >= 11 is 0. The second-order valence-corrected chi connectivity index (χ2v) is 8.33. The number of carbonyl (C=O) groups excluding carboxylic acids is 2. The molecule has 2 heterocycles. The zero-order valence-corrected chi connectivity index (χ0v) is 18.8. The molecule has 1 aliphatic rings. The van der Waals surface area contributed by atoms with E-state index < -0.39 is 0 Å². The van der Waals surface area contributed by atoms with Crippen LogP contribution in [0, 0.1) is 0 Å². The minimum Gasteiger partial charge on any atom is -0.449 e. The lowest BCUT2D eigenvalue weighted by molar-refractivity contribution is -0.116. The van der Waals surface area contributed by atoms with Crippen LogP contribution in [0.2, 0.25) is 0 Å². The number of furan rings is 1. The molecular formula is C28H26N2O4. The van der Waals surface area contributed by atoms with Crippen LogP contribution in [0.5, 0.6) is 0 Å². The first-order valence-electron chi connectivity index (χ1n) is 11.5. The van der Waals surface area contributed by atoms with Crippen LogP contribution in [0.1, 0.15) is 34.0 Å². The molecule has 172 valence electrons. The number of amides is 2. The quantitative estimate of drug-likeness (QED) is 0.442. The van der Waals surface area contributed by atoms with Gasteiger partial charge in [-0.25, -0.2) is 0 Å². The molecule has 1 aliphatic heterocycles. The van der Waals surface area contributed by atoms with Gasteiger partial charge in [0, 0.05) is 30.8 Å². The van der Waals surface area contributed by atoms with E-state index in [9.17, 15) is 9.59 Å². The minimum atomic E-state index is -0.238. The van der Waals surface area contributed by atoms with Gasteiger partial charge in [0.25, 0.3) is 5.91 Å². The third-order valence-electron chi connectivity index (χ3n) is 6.15. The Labute approximate surface area is 198 Å². The molecule has 4 aromatic rings. The van der Waals surface area contributed by atoms with Gasteiger partial charge in [0.15, 0.2) is 0 Å². The standard InChI is InChI=1S/C28H26N2O4/c31-25(19-23(20-9-3-1-4-10-20)21-11-5-2-6-12-21)29-26-22-13-7-8-14-24(22)34-27(26)28(32)30-15-17-33-18-16-30/h1-14,23H,15-19H2,(H,29,31). The van der Waals surface area contributed by atoms with Gasteiger partial charge in [-0.2, -0.15) is 0 Å². The number of anilines is 1. The Bertz CT molecular complexity index is 1240. The predicted octanol–water partition coefficient (Wildman–Crippen LogP) is 5.07. The fourth-order valence-corrected chi connectivity index (χ4v) is 4.40. The SMILES string of the molecule is O=C(CC(c1ccccc1)c1ccccc1)Nc1c(C(=O)N2CCOCC2)oc2ccccc12. The monoisotopic (exact) mass is 454 g/mol. The van der Waals surface area contributed by atoms with E-state index in [2.05, 4.69) is 5.32 Å². The predicted molar refractivity (Wildman–Crippen MR) is 131 cm³/mol. The van der Waals surface area contributed by atoms with Crippen LogP contribution in [0.3, 0.4) is 0 Å². The first-order chi connectivity index (χ1) is 16.7. The van der Waals surface area contributed by atoms with Gasteiger partial charge in [-0.05, 0) is 23.3 Å². The first kappa shape index (κ1) is 21.9. The fourth-order valence-electron chi connectivity index (χ4n) is 4.40. The van der Waals surface area contributed by atoms with E-state index in [0.29, 0.717) is 43.0 Å². The molecule has 6 nitrogen and oxygen atoms in total. The zero-order chi connectivity index (χ0) is 23.3. The molecular weight excluding hydrogens is 428 g/mol. The van der Waals surface area contributed by atoms with Gasteiger partial charge in [0.05, 0.1) is 13.2 Å². The molecule has 0 bridgehead atoms. The third kappa shape index (κ3) is 4.58. The Kier molecular flexibility index (Phi) is 6.40. The van der Waals surface area contributed by atoms with Crippen molar-refractivity contribution in [2.24, 2.45) is 0 Å². The number of rotatable bonds is 6. The molecule has 2 amide bonds. The van der Waals surface area contributed by atoms with E-state index >= 15 is 0 Å². The maximum Gasteiger partial charge on any atom is 0.291 e. The molecule has 5 rings (SSSR count). The largest absolute Gasteiger partial charge is 0.449 e. The highest BCUT2D eigenvalue weighted by Crippen LogP contribution is 2.34. The molecule has 0 unspecified atom stereocenters. The van der Waals surface area contributed by atoms with Gasteiger partial charge < -0.3 is 19.4 Å². The Morgan fingerprint density at radius 2 is 1.41 bits per heavy atom. The van der Waals surface area contributed by atoms with Crippen LogP contribution in [0.15, 0.2) is 89.3 Å². The number of carbonyl (C=O) groups is 2. The van der Waals surface area contributed by atoms with Crippen molar-refractivity contribution in [2.75, 3.05) is 31.6 Å². The van der Waals surface area contributed by atoms with Crippen LogP contribution >= 0.6 is 0 Å². The van der Waals surface area contributed by atoms with Crippen molar-refractivity contribution in [1.29, 1.82) is 0 Å². The second kappa shape index (κ2) is 9.93. The minimum absolute atomic E-state index is 0.112. The molecule has 0 aliphatic carbocycles. The molecule has 0 spiro atoms. The van der Waals surface area contributed by atoms with E-state index in [0.717, 1.165) is 11.1 Å². The fraction of sp³-hybridized carbons (Fsp3) is 0.214. The summed E-state index contributed by atoms with van der Waals surface area (Å²) in [6.07, 6.45) is 0.235. The normalized spacial score (nSPS) is 13.9. The molecule has 1 saturated heterocycles. The Morgan fingerprint density at radius 3 is 2.06 bits per heavy atom. The molecule has 1 aromatic heterocycles. The lowest BCUT2D eigenvalue weighted by atomic mass is 9.88. The molecule has 34 heavy (non-hydrogen) atoms. The maximum absolute atomic E-state index is 13.4. The summed E-state index contributed by atoms with van der Waals surface area (Å²) < 4.78 is 11.3. The molecule has 3 aromatic carbocycles. The van der Waals surface area contributed by atoms with Crippen molar-refractivity contribution < 1.29 is 18.7 Å². The topological polar surface area (TPSA) is 71.8 Å². The maximum atomic E-state index is 13.4. The van der Waals surface area contributed by atoms with E-state index in [1.54, 1.807) is 11.0 Å². The van der Waals surface area contributed by atoms with E-state index in [1.165, 1.54) is 0 Å². The van der Waals surface area contributed by atoms with Crippen LogP contribution in [0.25, 0.3) is 11.0 Å². The highest BCUT2D eigenvalue weighted by atomic mass is 16.5. The van der Waals surface area contributed by atoms with Gasteiger partial charge in [-0.15, -0.1) is 0 Å². The number of hydrogen-bond donors (Lipinski definition) is 1. The van der Waals surface area contributed by atoms with Crippen molar-refractivity contribution in [2.45, 2.75) is 12.3 Å². The van der Waals surface area contributed by atoms with Crippen LogP contribution < -0.4 is 5.32 Å². The number of benzene rings is 3. The van der Waals surface area contributed by atoms with E-state index in [1.807, 2.05) is 78.9 Å². The lowest BCUT2D eigenvalue weighted by Gasteiger charge is -2.26. The Balaban J connectivity index is 1.45. The average molecular weight is 455 g/mol. The number of nitrogens with zero attached hydrogens (tertiary/aromatic N) is 1. The Morgan fingerprint density at radius 1 is 0.824 bits per heavy atom. The molecule has 0 saturated carbocycles. The number of fused-ring (bicyclic) bond motifs is 1. The summed E-state index contributed by atoms with van der Waals surface area (Å²) in [6, 6.07) is 27.4. The zero-order valence-electron chi connectivity index (χ0n) is 18.8. The number of hydrogen-bond acceptors (Lipinski definition) is 4. The second-order valence-electron chi connectivity index (χ2n) is 8.33. The molecule has 1 fully saturated rings. The molecule has 6 heteroatoms. The first-order valence-corrected chi connectivity index (χ1v) is 11.5. The van der Waals surface area contributed by atoms with Crippen LogP contribution in [-0.2, 0) is 9.53 Å². The average Bonchev–Trinajstić information content (AvgIpc) is 3.26. The number of nitrogens with one attached hydrogen (secondary N) is 1. The van der Waals surface area contributed by atoms with Crippen LogP contribution in [-0.4, -0.2) is 43.0 Å². The van der Waals surface area contributed by atoms with Crippen molar-refractivity contribution in [1.82, 2.24) is 4.90 Å². The summed E-state index contributed by atoms with van der Waals surface area (Å²) in [5, 5.41) is 3.72. The summed E-state index contributed by atoms with van der Waals surface area (Å²) in [5.41, 5.74) is 3.12. The van der Waals surface area contributed by atoms with Gasteiger partial charge in [0.2, 0.25) is 11.7 Å². The third-order valence-corrected chi connectivity index (χ3v) is 6.15. The summed E-state index contributed by atoms with van der Waals surface area (Å²) in [4.78, 5) is 28.3. The Hall–Kier alpha value is -3.90. The van der Waals surface area contributed by atoms with Crippen molar-refractivity contribution >= 4 is 28.5 Å². The highest BCUT2D eigenvalue weighted by Gasteiger charge is 2.28. The van der Waals surface area contributed by atoms with Crippen molar-refractivity contribution in [3.63, 3.8) is 0 Å². The lowest BCUT2D eigenvalue weighted by Crippen LogP contribution is -2.40. The van der Waals surface area contributed by atoms with Gasteiger partial charge in [0.1, 0.15) is 11.3 Å². The number of para-hydroxylation sites is 1. The smallest absolute Gasteiger partial charge is 0.291 e. The summed E-state index contributed by atoms with van der Waals surface area (Å²) in [6.45, 7) is 1.97. The van der Waals surface area contributed by atoms with E-state index in [4.69, 9.17) is 9.15 Å². The molecule has 0 radical (unpaired) electrons. The molecule has 0 atom stereocenters. The van der Waals surface area contributed by atoms with Gasteiger partial charge >= 0.3 is 0 Å². The molecule has 1 N–H and O–H groups in total. The summed E-state index contributed by atoms with van der Waals surface area (Å²) in [5.74, 6) is -0.371. The number of morpholine rings is 1. The number of ether oxygens (including phenoxy) is 1. The summed E-state index contributed by atoms with van der Waals surface area (Å²) in [7, 11) is 0. The van der Waals surface area contributed by atoms with Gasteiger partial charge in [-0.1, -0.05) is 72.8 Å². The van der Waals surface area contributed by atoms with E-state index in [-0.39, 0.29) is 29.9 Å². The van der Waals surface area contributed by atoms with Crippen molar-refractivity contribution in [3.05, 3.63) is 102 Å². The van der Waals surface area contributed by atoms with Crippen LogP contribution in [0.4, 0.5) is 5.69 Å². The van der Waals surface area contributed by atoms with Crippen molar-refractivity contribution in [3.8, 4) is 0 Å². The highest BCUT2D eigenvalue weighted by molar-refractivity contribution is 6.11. The van der Waals surface area contributed by atoms with Gasteiger partial charge in [-0.3, -0.25) is 9.59 Å².